The molecule has 2 aliphatic heterocycles. The van der Waals surface area contributed by atoms with Gasteiger partial charge < -0.3 is 24.6 Å². The Balaban J connectivity index is 1.16. The molecule has 48 heavy (non-hydrogen) atoms. The van der Waals surface area contributed by atoms with E-state index in [9.17, 15) is 19.5 Å². The van der Waals surface area contributed by atoms with Gasteiger partial charge in [0.1, 0.15) is 23.0 Å². The highest BCUT2D eigenvalue weighted by molar-refractivity contribution is 6.06. The summed E-state index contributed by atoms with van der Waals surface area (Å²) >= 11 is 0. The molecule has 2 amide bonds. The van der Waals surface area contributed by atoms with Crippen molar-refractivity contribution in [1.29, 1.82) is 0 Å². The molecule has 6 heterocycles. The molecule has 2 N–H and O–H groups in total. The third-order valence-electron chi connectivity index (χ3n) is 9.59. The van der Waals surface area contributed by atoms with E-state index in [2.05, 4.69) is 38.8 Å². The molecule has 0 bridgehead atoms. The number of aliphatic hydroxyl groups is 1. The van der Waals surface area contributed by atoms with Gasteiger partial charge in [0.15, 0.2) is 0 Å². The summed E-state index contributed by atoms with van der Waals surface area (Å²) in [6.45, 7) is 10.0. The van der Waals surface area contributed by atoms with Crippen molar-refractivity contribution in [3.63, 3.8) is 0 Å². The Labute approximate surface area is 278 Å². The lowest BCUT2D eigenvalue weighted by Gasteiger charge is -2.38. The molecule has 1 fully saturated rings. The summed E-state index contributed by atoms with van der Waals surface area (Å²) in [6.07, 6.45) is 4.95. The Morgan fingerprint density at radius 1 is 1.06 bits per heavy atom. The minimum Gasteiger partial charge on any atom is -0.392 e. The molecule has 4 aromatic heterocycles. The molecule has 0 spiro atoms. The van der Waals surface area contributed by atoms with Crippen LogP contribution in [0.25, 0.3) is 11.3 Å². The number of hydrogen-bond donors (Lipinski definition) is 2. The summed E-state index contributed by atoms with van der Waals surface area (Å²) in [5, 5.41) is 18.2. The molecule has 13 heteroatoms. The second-order valence-electron chi connectivity index (χ2n) is 13.8. The van der Waals surface area contributed by atoms with Gasteiger partial charge in [0.25, 0.3) is 17.4 Å². The maximum atomic E-state index is 13.8. The topological polar surface area (TPSA) is 148 Å². The van der Waals surface area contributed by atoms with E-state index in [1.54, 1.807) is 42.4 Å². The Bertz CT molecular complexity index is 1970. The second-order valence-corrected chi connectivity index (χ2v) is 13.8. The van der Waals surface area contributed by atoms with Gasteiger partial charge in [-0.1, -0.05) is 13.8 Å². The molecule has 1 saturated heterocycles. The zero-order chi connectivity index (χ0) is 33.9. The van der Waals surface area contributed by atoms with E-state index in [1.165, 1.54) is 22.1 Å². The number of carbonyl (C=O) groups is 2. The van der Waals surface area contributed by atoms with Gasteiger partial charge in [0, 0.05) is 49.4 Å². The van der Waals surface area contributed by atoms with Crippen LogP contribution < -0.4 is 15.8 Å². The molecule has 0 unspecified atom stereocenters. The van der Waals surface area contributed by atoms with Crippen LogP contribution in [0.4, 0.5) is 17.3 Å². The summed E-state index contributed by atoms with van der Waals surface area (Å²) in [7, 11) is 1.54. The minimum atomic E-state index is -0.390. The van der Waals surface area contributed by atoms with Crippen molar-refractivity contribution in [3.8, 4) is 11.3 Å². The molecule has 13 nitrogen and oxygen atoms in total. The van der Waals surface area contributed by atoms with Gasteiger partial charge in [-0.05, 0) is 68.0 Å². The van der Waals surface area contributed by atoms with E-state index in [4.69, 9.17) is 4.74 Å². The molecular formula is C35H40N8O5. The van der Waals surface area contributed by atoms with E-state index >= 15 is 0 Å². The average molecular weight is 653 g/mol. The van der Waals surface area contributed by atoms with Crippen molar-refractivity contribution in [1.82, 2.24) is 29.2 Å². The summed E-state index contributed by atoms with van der Waals surface area (Å²) in [5.41, 5.74) is 4.92. The number of ether oxygens (including phenoxy) is 1. The molecule has 0 aromatic carbocycles. The van der Waals surface area contributed by atoms with Crippen LogP contribution in [-0.2, 0) is 37.8 Å². The van der Waals surface area contributed by atoms with Crippen molar-refractivity contribution in [3.05, 3.63) is 81.2 Å². The quantitative estimate of drug-likeness (QED) is 0.320. The third-order valence-corrected chi connectivity index (χ3v) is 9.59. The van der Waals surface area contributed by atoms with Crippen LogP contribution in [0.3, 0.4) is 0 Å². The van der Waals surface area contributed by atoms with Gasteiger partial charge in [-0.3, -0.25) is 19.3 Å². The first kappa shape index (κ1) is 31.7. The SMILES string of the molecule is C[C@@H]1COC[C@H](C)N1C(=O)c1ccc(Nc2cc(-c3ccnc(N4CCn5c(cc6c5CC(C)(C)C6)C4=O)c3CO)nn(C)c2=O)nc1. The van der Waals surface area contributed by atoms with E-state index < -0.39 is 6.61 Å². The highest BCUT2D eigenvalue weighted by atomic mass is 16.5. The number of carbonyl (C=O) groups excluding carboxylic acids is 2. The number of anilines is 3. The smallest absolute Gasteiger partial charge is 0.290 e. The lowest BCUT2D eigenvalue weighted by molar-refractivity contribution is -0.0249. The Kier molecular flexibility index (Phi) is 7.91. The van der Waals surface area contributed by atoms with Gasteiger partial charge in [-0.2, -0.15) is 5.10 Å². The van der Waals surface area contributed by atoms with Gasteiger partial charge in [-0.25, -0.2) is 14.6 Å². The van der Waals surface area contributed by atoms with E-state index in [-0.39, 0.29) is 40.6 Å². The predicted molar refractivity (Wildman–Crippen MR) is 179 cm³/mol. The number of fused-ring (bicyclic) bond motifs is 3. The number of hydrogen-bond acceptors (Lipinski definition) is 9. The standard InChI is InChI=1S/C35H40N8O5/c1-20-18-48-19-21(2)43(20)32(45)22-6-7-30(37-16-22)38-27-13-26(39-40(5)33(27)46)24-8-9-36-31(25(24)17-44)42-11-10-41-28(34(42)47)12-23-14-35(3,4)15-29(23)41/h6-9,12-13,16,20-21,44H,10-11,14-15,17-19H2,1-5H3,(H,37,38)/t20-,21+. The highest BCUT2D eigenvalue weighted by Gasteiger charge is 2.38. The van der Waals surface area contributed by atoms with Crippen LogP contribution in [0.5, 0.6) is 0 Å². The highest BCUT2D eigenvalue weighted by Crippen LogP contribution is 2.40. The Morgan fingerprint density at radius 2 is 1.83 bits per heavy atom. The molecule has 2 atom stereocenters. The Hall–Kier alpha value is -4.88. The predicted octanol–water partition coefficient (Wildman–Crippen LogP) is 3.31. The number of pyridine rings is 2. The number of aliphatic hydroxyl groups excluding tert-OH is 1. The van der Waals surface area contributed by atoms with Gasteiger partial charge in [-0.15, -0.1) is 0 Å². The maximum absolute atomic E-state index is 13.8. The van der Waals surface area contributed by atoms with Crippen molar-refractivity contribution in [2.24, 2.45) is 12.5 Å². The van der Waals surface area contributed by atoms with Crippen molar-refractivity contribution in [2.75, 3.05) is 30.0 Å². The Morgan fingerprint density at radius 3 is 2.54 bits per heavy atom. The molecule has 7 rings (SSSR count). The monoisotopic (exact) mass is 652 g/mol. The van der Waals surface area contributed by atoms with Crippen molar-refractivity contribution >= 4 is 29.1 Å². The molecule has 0 radical (unpaired) electrons. The number of aryl methyl sites for hydroxylation is 1. The summed E-state index contributed by atoms with van der Waals surface area (Å²) < 4.78 is 8.90. The summed E-state index contributed by atoms with van der Waals surface area (Å²) in [5.74, 6) is 0.454. The zero-order valence-electron chi connectivity index (χ0n) is 27.9. The molecule has 3 aliphatic rings. The summed E-state index contributed by atoms with van der Waals surface area (Å²) in [6, 6.07) is 8.54. The van der Waals surface area contributed by atoms with Crippen LogP contribution in [0, 0.1) is 5.41 Å². The van der Waals surface area contributed by atoms with Crippen LogP contribution in [0.1, 0.15) is 65.4 Å². The minimum absolute atomic E-state index is 0.0531. The number of nitrogens with one attached hydrogen (secondary N) is 1. The second kappa shape index (κ2) is 12.0. The fraction of sp³-hybridized carbons (Fsp3) is 0.429. The normalized spacial score (nSPS) is 20.1. The van der Waals surface area contributed by atoms with E-state index in [0.717, 1.165) is 12.8 Å². The van der Waals surface area contributed by atoms with Crippen LogP contribution >= 0.6 is 0 Å². The number of nitrogens with zero attached hydrogens (tertiary/aromatic N) is 7. The van der Waals surface area contributed by atoms with Crippen LogP contribution in [0.15, 0.2) is 47.5 Å². The maximum Gasteiger partial charge on any atom is 0.290 e. The largest absolute Gasteiger partial charge is 0.392 e. The van der Waals surface area contributed by atoms with Gasteiger partial charge in [0.05, 0.1) is 43.2 Å². The average Bonchev–Trinajstić information content (AvgIpc) is 3.55. The van der Waals surface area contributed by atoms with Crippen LogP contribution in [-0.4, -0.2) is 78.0 Å². The third kappa shape index (κ3) is 5.46. The zero-order valence-corrected chi connectivity index (χ0v) is 27.9. The molecule has 250 valence electrons. The van der Waals surface area contributed by atoms with E-state index in [0.29, 0.717) is 66.0 Å². The fourth-order valence-corrected chi connectivity index (χ4v) is 7.34. The van der Waals surface area contributed by atoms with E-state index in [1.807, 2.05) is 24.8 Å². The van der Waals surface area contributed by atoms with Crippen molar-refractivity contribution < 1.29 is 19.4 Å². The fourth-order valence-electron chi connectivity index (χ4n) is 7.34. The molecule has 4 aromatic rings. The lowest BCUT2D eigenvalue weighted by Crippen LogP contribution is -2.52. The molecule has 1 aliphatic carbocycles. The number of morpholine rings is 1. The first-order valence-corrected chi connectivity index (χ1v) is 16.3. The number of amides is 2. The van der Waals surface area contributed by atoms with Gasteiger partial charge in [0.2, 0.25) is 0 Å². The van der Waals surface area contributed by atoms with Crippen LogP contribution in [0.2, 0.25) is 0 Å². The number of rotatable bonds is 6. The first-order valence-electron chi connectivity index (χ1n) is 16.3. The lowest BCUT2D eigenvalue weighted by atomic mass is 9.90. The molecular weight excluding hydrogens is 612 g/mol. The van der Waals surface area contributed by atoms with Crippen molar-refractivity contribution in [2.45, 2.75) is 65.8 Å². The number of aromatic nitrogens is 5. The summed E-state index contributed by atoms with van der Waals surface area (Å²) in [4.78, 5) is 52.6. The van der Waals surface area contributed by atoms with Gasteiger partial charge >= 0.3 is 0 Å². The molecule has 0 saturated carbocycles. The first-order chi connectivity index (χ1) is 23.0.